The Labute approximate surface area is 159 Å². The van der Waals surface area contributed by atoms with Crippen LogP contribution in [0.1, 0.15) is 26.2 Å². The summed E-state index contributed by atoms with van der Waals surface area (Å²) in [4.78, 5) is 7.27. The number of halogens is 2. The van der Waals surface area contributed by atoms with Crippen molar-refractivity contribution in [3.05, 3.63) is 58.8 Å². The molecule has 132 valence electrons. The third-order valence-electron chi connectivity index (χ3n) is 5.55. The number of hydrogen-bond acceptors (Lipinski definition) is 3. The maximum Gasteiger partial charge on any atom is 0.118 e. The van der Waals surface area contributed by atoms with Gasteiger partial charge in [0, 0.05) is 23.9 Å². The van der Waals surface area contributed by atoms with Crippen LogP contribution in [0.2, 0.25) is 0 Å². The topological polar surface area (TPSA) is 41.6 Å². The highest BCUT2D eigenvalue weighted by atomic mass is 35.5. The summed E-state index contributed by atoms with van der Waals surface area (Å²) in [5.41, 5.74) is 8.34. The zero-order valence-electron chi connectivity index (χ0n) is 14.3. The molecule has 2 aliphatic heterocycles. The number of alkyl halides is 1. The van der Waals surface area contributed by atoms with Crippen LogP contribution in [0.4, 0.5) is 0 Å². The Morgan fingerprint density at radius 2 is 2.08 bits per heavy atom. The molecule has 2 N–H and O–H groups in total. The number of aliphatic imine (C=N–C) groups is 1. The molecule has 0 saturated carbocycles. The highest BCUT2D eigenvalue weighted by Crippen LogP contribution is 2.38. The van der Waals surface area contributed by atoms with Gasteiger partial charge in [-0.1, -0.05) is 42.0 Å². The van der Waals surface area contributed by atoms with Crippen LogP contribution in [0, 0.1) is 5.92 Å². The second-order valence-corrected chi connectivity index (χ2v) is 8.55. The van der Waals surface area contributed by atoms with E-state index in [-0.39, 0.29) is 17.0 Å². The Morgan fingerprint density at radius 1 is 1.24 bits per heavy atom. The maximum absolute atomic E-state index is 6.31. The third kappa shape index (κ3) is 3.20. The fourth-order valence-electron chi connectivity index (χ4n) is 4.20. The molecule has 0 aromatic rings. The van der Waals surface area contributed by atoms with Gasteiger partial charge in [-0.2, -0.15) is 0 Å². The van der Waals surface area contributed by atoms with E-state index in [1.54, 1.807) is 0 Å². The Morgan fingerprint density at radius 3 is 2.88 bits per heavy atom. The monoisotopic (exact) mass is 375 g/mol. The summed E-state index contributed by atoms with van der Waals surface area (Å²) in [5.74, 6) is 1.05. The lowest BCUT2D eigenvalue weighted by molar-refractivity contribution is 0.212. The SMILES string of the molecule is CC1([C@H]2C=C(C3=C[C@H](Cl)CC(Cl)=C3)C=CC2)CN2C=CC[C@@H]2C(N)=N1. The van der Waals surface area contributed by atoms with E-state index in [4.69, 9.17) is 33.9 Å². The van der Waals surface area contributed by atoms with Crippen LogP contribution in [0.25, 0.3) is 0 Å². The third-order valence-corrected chi connectivity index (χ3v) is 6.09. The van der Waals surface area contributed by atoms with Crippen LogP contribution >= 0.6 is 23.2 Å². The minimum Gasteiger partial charge on any atom is -0.386 e. The Hall–Kier alpha value is -1.45. The number of amidine groups is 1. The molecule has 4 rings (SSSR count). The average molecular weight is 376 g/mol. The molecule has 0 saturated heterocycles. The summed E-state index contributed by atoms with van der Waals surface area (Å²) in [6.45, 7) is 3.10. The van der Waals surface area contributed by atoms with Crippen molar-refractivity contribution in [2.24, 2.45) is 16.6 Å². The van der Waals surface area contributed by atoms with Gasteiger partial charge in [0.2, 0.25) is 0 Å². The van der Waals surface area contributed by atoms with Gasteiger partial charge in [0.15, 0.2) is 0 Å². The number of allylic oxidation sites excluding steroid dienone is 7. The molecule has 0 aromatic carbocycles. The first-order valence-corrected chi connectivity index (χ1v) is 9.64. The molecule has 3 nitrogen and oxygen atoms in total. The van der Waals surface area contributed by atoms with Crippen LogP contribution in [-0.2, 0) is 0 Å². The van der Waals surface area contributed by atoms with Gasteiger partial charge in [-0.15, -0.1) is 11.6 Å². The first kappa shape index (κ1) is 17.0. The van der Waals surface area contributed by atoms with Gasteiger partial charge < -0.3 is 10.6 Å². The standard InChI is InChI=1S/C20H23Cl2N3/c1-20(12-25-7-3-6-18(25)19(23)24-20)15-5-2-4-13(8-15)14-9-16(21)11-17(22)10-14/h2-4,7-10,15-16,18H,5-6,11-12H2,1H3,(H2,23,24)/t15-,16+,18-,20?/m1/s1. The molecule has 2 aliphatic carbocycles. The van der Waals surface area contributed by atoms with Crippen molar-refractivity contribution in [2.45, 2.75) is 43.1 Å². The average Bonchev–Trinajstić information content (AvgIpc) is 3.02. The maximum atomic E-state index is 6.31. The lowest BCUT2D eigenvalue weighted by atomic mass is 9.77. The highest BCUT2D eigenvalue weighted by molar-refractivity contribution is 6.31. The van der Waals surface area contributed by atoms with Crippen molar-refractivity contribution in [2.75, 3.05) is 6.54 Å². The highest BCUT2D eigenvalue weighted by Gasteiger charge is 2.41. The first-order chi connectivity index (χ1) is 11.9. The summed E-state index contributed by atoms with van der Waals surface area (Å²) < 4.78 is 0. The summed E-state index contributed by atoms with van der Waals surface area (Å²) in [6.07, 6.45) is 17.8. The molecular formula is C20H23Cl2N3. The number of rotatable bonds is 2. The quantitative estimate of drug-likeness (QED) is 0.732. The molecule has 0 radical (unpaired) electrons. The van der Waals surface area contributed by atoms with Gasteiger partial charge in [-0.3, -0.25) is 4.99 Å². The van der Waals surface area contributed by atoms with E-state index in [0.29, 0.717) is 12.3 Å². The van der Waals surface area contributed by atoms with Crippen molar-refractivity contribution in [1.82, 2.24) is 4.90 Å². The molecule has 5 heteroatoms. The minimum atomic E-state index is -0.228. The smallest absolute Gasteiger partial charge is 0.118 e. The largest absolute Gasteiger partial charge is 0.386 e. The van der Waals surface area contributed by atoms with E-state index >= 15 is 0 Å². The molecule has 2 heterocycles. The molecule has 0 fully saturated rings. The molecular weight excluding hydrogens is 353 g/mol. The number of nitrogens with zero attached hydrogens (tertiary/aromatic N) is 2. The van der Waals surface area contributed by atoms with Gasteiger partial charge in [-0.05, 0) is 43.2 Å². The van der Waals surface area contributed by atoms with Gasteiger partial charge >= 0.3 is 0 Å². The lowest BCUT2D eigenvalue weighted by Gasteiger charge is -2.43. The summed E-state index contributed by atoms with van der Waals surface area (Å²) in [7, 11) is 0. The molecule has 0 spiro atoms. The van der Waals surface area contributed by atoms with Gasteiger partial charge in [0.1, 0.15) is 5.84 Å². The first-order valence-electron chi connectivity index (χ1n) is 8.83. The normalized spacial score (nSPS) is 37.2. The van der Waals surface area contributed by atoms with Gasteiger partial charge in [0.25, 0.3) is 0 Å². The van der Waals surface area contributed by atoms with E-state index in [9.17, 15) is 0 Å². The van der Waals surface area contributed by atoms with Crippen LogP contribution in [0.5, 0.6) is 0 Å². The summed E-state index contributed by atoms with van der Waals surface area (Å²) in [5, 5.41) is 0.765. The van der Waals surface area contributed by atoms with E-state index in [2.05, 4.69) is 48.4 Å². The van der Waals surface area contributed by atoms with Crippen molar-refractivity contribution < 1.29 is 0 Å². The number of nitrogens with two attached hydrogens (primary N) is 1. The summed E-state index contributed by atoms with van der Waals surface area (Å²) >= 11 is 12.6. The molecule has 1 unspecified atom stereocenters. The van der Waals surface area contributed by atoms with E-state index < -0.39 is 0 Å². The summed E-state index contributed by atoms with van der Waals surface area (Å²) in [6, 6.07) is 0.246. The molecule has 0 bridgehead atoms. The van der Waals surface area contributed by atoms with E-state index in [0.717, 1.165) is 35.8 Å². The molecule has 4 atom stereocenters. The van der Waals surface area contributed by atoms with Crippen molar-refractivity contribution in [1.29, 1.82) is 0 Å². The lowest BCUT2D eigenvalue weighted by Crippen LogP contribution is -2.54. The zero-order chi connectivity index (χ0) is 17.6. The second-order valence-electron chi connectivity index (χ2n) is 7.50. The number of hydrogen-bond donors (Lipinski definition) is 1. The fourth-order valence-corrected chi connectivity index (χ4v) is 4.86. The second kappa shape index (κ2) is 6.37. The van der Waals surface area contributed by atoms with Gasteiger partial charge in [-0.25, -0.2) is 0 Å². The fraction of sp³-hybridized carbons (Fsp3) is 0.450. The van der Waals surface area contributed by atoms with Crippen LogP contribution < -0.4 is 5.73 Å². The molecule has 0 amide bonds. The van der Waals surface area contributed by atoms with Crippen molar-refractivity contribution in [3.63, 3.8) is 0 Å². The van der Waals surface area contributed by atoms with Gasteiger partial charge in [0.05, 0.1) is 17.0 Å². The molecule has 0 aromatic heterocycles. The predicted molar refractivity (Wildman–Crippen MR) is 106 cm³/mol. The molecule has 4 aliphatic rings. The molecule has 25 heavy (non-hydrogen) atoms. The Kier molecular flexibility index (Phi) is 4.33. The Bertz CT molecular complexity index is 759. The minimum absolute atomic E-state index is 0.0448. The van der Waals surface area contributed by atoms with Crippen LogP contribution in [-0.4, -0.2) is 34.2 Å². The van der Waals surface area contributed by atoms with Crippen LogP contribution in [0.15, 0.2) is 63.8 Å². The van der Waals surface area contributed by atoms with E-state index in [1.807, 2.05) is 6.08 Å². The Balaban J connectivity index is 1.64. The zero-order valence-corrected chi connectivity index (χ0v) is 15.8. The van der Waals surface area contributed by atoms with E-state index in [1.165, 1.54) is 5.57 Å². The van der Waals surface area contributed by atoms with Crippen LogP contribution in [0.3, 0.4) is 0 Å². The van der Waals surface area contributed by atoms with Crippen molar-refractivity contribution >= 4 is 29.0 Å². The number of fused-ring (bicyclic) bond motifs is 1. The van der Waals surface area contributed by atoms with Crippen molar-refractivity contribution in [3.8, 4) is 0 Å². The predicted octanol–water partition coefficient (Wildman–Crippen LogP) is 4.27.